The Kier molecular flexibility index (Phi) is 2.72. The third-order valence-corrected chi connectivity index (χ3v) is 2.47. The first kappa shape index (κ1) is 9.78. The van der Waals surface area contributed by atoms with Gasteiger partial charge in [-0.2, -0.15) is 5.26 Å². The van der Waals surface area contributed by atoms with Gasteiger partial charge in [-0.1, -0.05) is 12.8 Å². The fourth-order valence-corrected chi connectivity index (χ4v) is 1.38. The Morgan fingerprint density at radius 3 is 3.00 bits per heavy atom. The Labute approximate surface area is 88.7 Å². The summed E-state index contributed by atoms with van der Waals surface area (Å²) >= 11 is 0. The van der Waals surface area contributed by atoms with Crippen LogP contribution >= 0.6 is 0 Å². The van der Waals surface area contributed by atoms with Crippen LogP contribution in [0.4, 0.5) is 5.69 Å². The zero-order valence-electron chi connectivity index (χ0n) is 8.44. The van der Waals surface area contributed by atoms with E-state index in [1.54, 1.807) is 6.07 Å². The Hall–Kier alpha value is -1.76. The first-order valence-electron chi connectivity index (χ1n) is 5.08. The summed E-state index contributed by atoms with van der Waals surface area (Å²) in [5.41, 5.74) is 6.59. The molecule has 1 aliphatic rings. The molecule has 4 nitrogen and oxygen atoms in total. The summed E-state index contributed by atoms with van der Waals surface area (Å²) < 4.78 is 5.44. The van der Waals surface area contributed by atoms with Gasteiger partial charge in [-0.15, -0.1) is 0 Å². The van der Waals surface area contributed by atoms with Gasteiger partial charge in [-0.25, -0.2) is 4.98 Å². The van der Waals surface area contributed by atoms with Gasteiger partial charge in [0.2, 0.25) is 5.88 Å². The van der Waals surface area contributed by atoms with Gasteiger partial charge < -0.3 is 10.5 Å². The summed E-state index contributed by atoms with van der Waals surface area (Å²) in [6, 6.07) is 3.56. The minimum atomic E-state index is 0.435. The first-order chi connectivity index (χ1) is 7.29. The number of ether oxygens (including phenoxy) is 1. The Balaban J connectivity index is 1.92. The highest BCUT2D eigenvalue weighted by molar-refractivity contribution is 5.51. The third kappa shape index (κ3) is 2.59. The van der Waals surface area contributed by atoms with Crippen molar-refractivity contribution in [1.82, 2.24) is 4.98 Å². The summed E-state index contributed by atoms with van der Waals surface area (Å²) in [6.45, 7) is 0.660. The summed E-state index contributed by atoms with van der Waals surface area (Å²) in [6.07, 6.45) is 5.18. The Morgan fingerprint density at radius 2 is 2.40 bits per heavy atom. The number of nitriles is 1. The molecule has 2 rings (SSSR count). The van der Waals surface area contributed by atoms with Crippen LogP contribution in [0, 0.1) is 17.2 Å². The highest BCUT2D eigenvalue weighted by Crippen LogP contribution is 2.32. The fraction of sp³-hybridized carbons (Fsp3) is 0.455. The lowest BCUT2D eigenvalue weighted by Gasteiger charge is -2.06. The molecule has 1 aromatic rings. The van der Waals surface area contributed by atoms with E-state index in [1.807, 2.05) is 6.07 Å². The molecule has 0 saturated heterocycles. The number of nitrogens with two attached hydrogens (primary N) is 1. The Morgan fingerprint density at radius 1 is 1.60 bits per heavy atom. The molecule has 0 bridgehead atoms. The molecule has 0 atom stereocenters. The molecule has 0 unspecified atom stereocenters. The van der Waals surface area contributed by atoms with Crippen molar-refractivity contribution in [2.24, 2.45) is 5.92 Å². The number of nitrogens with zero attached hydrogens (tertiary/aromatic N) is 2. The highest BCUT2D eigenvalue weighted by Gasteiger charge is 2.20. The van der Waals surface area contributed by atoms with Crippen molar-refractivity contribution in [3.8, 4) is 11.9 Å². The molecule has 0 aromatic carbocycles. The van der Waals surface area contributed by atoms with Crippen LogP contribution in [0.5, 0.6) is 5.88 Å². The Bertz CT molecular complexity index is 393. The number of aromatic nitrogens is 1. The van der Waals surface area contributed by atoms with Gasteiger partial charge in [0, 0.05) is 6.20 Å². The molecular formula is C11H13N3O. The molecule has 1 saturated carbocycles. The predicted molar refractivity (Wildman–Crippen MR) is 56.2 cm³/mol. The second-order valence-corrected chi connectivity index (χ2v) is 3.81. The van der Waals surface area contributed by atoms with Crippen LogP contribution in [0.3, 0.4) is 0 Å². The van der Waals surface area contributed by atoms with Crippen molar-refractivity contribution >= 4 is 5.69 Å². The van der Waals surface area contributed by atoms with E-state index in [0.29, 0.717) is 23.7 Å². The van der Waals surface area contributed by atoms with E-state index in [9.17, 15) is 0 Å². The van der Waals surface area contributed by atoms with E-state index in [0.717, 1.165) is 12.3 Å². The smallest absolute Gasteiger partial charge is 0.237 e. The summed E-state index contributed by atoms with van der Waals surface area (Å²) in [5.74, 6) is 1.28. The van der Waals surface area contributed by atoms with Crippen molar-refractivity contribution in [2.45, 2.75) is 19.3 Å². The van der Waals surface area contributed by atoms with Crippen LogP contribution in [0.2, 0.25) is 0 Å². The van der Waals surface area contributed by atoms with Crippen LogP contribution in [0.1, 0.15) is 24.8 Å². The molecule has 0 spiro atoms. The van der Waals surface area contributed by atoms with Crippen molar-refractivity contribution < 1.29 is 4.74 Å². The quantitative estimate of drug-likeness (QED) is 0.808. The molecule has 0 amide bonds. The molecule has 15 heavy (non-hydrogen) atoms. The molecule has 4 heteroatoms. The molecule has 1 heterocycles. The summed E-state index contributed by atoms with van der Waals surface area (Å²) in [4.78, 5) is 4.00. The van der Waals surface area contributed by atoms with Gasteiger partial charge in [0.25, 0.3) is 0 Å². The van der Waals surface area contributed by atoms with Crippen molar-refractivity contribution in [3.63, 3.8) is 0 Å². The predicted octanol–water partition coefficient (Wildman–Crippen LogP) is 1.71. The topological polar surface area (TPSA) is 71.9 Å². The zero-order valence-corrected chi connectivity index (χ0v) is 8.44. The first-order valence-corrected chi connectivity index (χ1v) is 5.08. The minimum Gasteiger partial charge on any atom is -0.476 e. The van der Waals surface area contributed by atoms with Gasteiger partial charge in [-0.3, -0.25) is 0 Å². The summed E-state index contributed by atoms with van der Waals surface area (Å²) in [5, 5.41) is 8.62. The van der Waals surface area contributed by atoms with Crippen LogP contribution in [0.15, 0.2) is 12.3 Å². The maximum absolute atomic E-state index is 8.62. The van der Waals surface area contributed by atoms with E-state index >= 15 is 0 Å². The van der Waals surface area contributed by atoms with Crippen molar-refractivity contribution in [3.05, 3.63) is 17.8 Å². The molecule has 0 aliphatic heterocycles. The van der Waals surface area contributed by atoms with Crippen molar-refractivity contribution in [2.75, 3.05) is 12.3 Å². The molecular weight excluding hydrogens is 190 g/mol. The molecule has 1 fully saturated rings. The average Bonchev–Trinajstić information content (AvgIpc) is 3.04. The molecule has 1 aromatic heterocycles. The second kappa shape index (κ2) is 4.18. The van der Waals surface area contributed by atoms with Crippen LogP contribution in [0.25, 0.3) is 0 Å². The van der Waals surface area contributed by atoms with E-state index in [4.69, 9.17) is 15.7 Å². The highest BCUT2D eigenvalue weighted by atomic mass is 16.5. The van der Waals surface area contributed by atoms with Gasteiger partial charge in [0.15, 0.2) is 0 Å². The van der Waals surface area contributed by atoms with E-state index in [-0.39, 0.29) is 0 Å². The maximum Gasteiger partial charge on any atom is 0.237 e. The van der Waals surface area contributed by atoms with E-state index in [2.05, 4.69) is 4.98 Å². The van der Waals surface area contributed by atoms with Gasteiger partial charge >= 0.3 is 0 Å². The van der Waals surface area contributed by atoms with Gasteiger partial charge in [0.05, 0.1) is 17.9 Å². The monoisotopic (exact) mass is 203 g/mol. The lowest BCUT2D eigenvalue weighted by Crippen LogP contribution is -2.03. The number of anilines is 1. The number of pyridine rings is 1. The average molecular weight is 203 g/mol. The molecule has 78 valence electrons. The minimum absolute atomic E-state index is 0.435. The van der Waals surface area contributed by atoms with E-state index in [1.165, 1.54) is 19.0 Å². The number of hydrogen-bond donors (Lipinski definition) is 1. The van der Waals surface area contributed by atoms with Gasteiger partial charge in [-0.05, 0) is 18.4 Å². The SMILES string of the molecule is N#Cc1cnc(OCCC2CC2)c(N)c1. The lowest BCUT2D eigenvalue weighted by atomic mass is 10.3. The normalized spacial score (nSPS) is 14.6. The number of hydrogen-bond acceptors (Lipinski definition) is 4. The summed E-state index contributed by atoms with van der Waals surface area (Å²) in [7, 11) is 0. The van der Waals surface area contributed by atoms with Crippen LogP contribution in [-0.2, 0) is 0 Å². The lowest BCUT2D eigenvalue weighted by molar-refractivity contribution is 0.293. The number of rotatable bonds is 4. The van der Waals surface area contributed by atoms with Crippen molar-refractivity contribution in [1.29, 1.82) is 5.26 Å². The molecule has 1 aliphatic carbocycles. The van der Waals surface area contributed by atoms with Crippen LogP contribution < -0.4 is 10.5 Å². The molecule has 0 radical (unpaired) electrons. The zero-order chi connectivity index (χ0) is 10.7. The fourth-order valence-electron chi connectivity index (χ4n) is 1.38. The third-order valence-electron chi connectivity index (χ3n) is 2.47. The van der Waals surface area contributed by atoms with Gasteiger partial charge in [0.1, 0.15) is 6.07 Å². The number of nitrogen functional groups attached to an aromatic ring is 1. The molecule has 2 N–H and O–H groups in total. The second-order valence-electron chi connectivity index (χ2n) is 3.81. The van der Waals surface area contributed by atoms with Crippen LogP contribution in [-0.4, -0.2) is 11.6 Å². The standard InChI is InChI=1S/C11H13N3O/c12-6-9-5-10(13)11(14-7-9)15-4-3-8-1-2-8/h5,7-8H,1-4,13H2. The maximum atomic E-state index is 8.62. The largest absolute Gasteiger partial charge is 0.476 e. The van der Waals surface area contributed by atoms with E-state index < -0.39 is 0 Å².